The summed E-state index contributed by atoms with van der Waals surface area (Å²) in [6.45, 7) is 0.590. The molecule has 0 aliphatic heterocycles. The maximum Gasteiger partial charge on any atom is 0.270 e. The second-order valence-corrected chi connectivity index (χ2v) is 7.10. The van der Waals surface area contributed by atoms with Crippen molar-refractivity contribution in [3.63, 3.8) is 0 Å². The molecule has 1 amide bonds. The van der Waals surface area contributed by atoms with Crippen LogP contribution in [0, 0.1) is 10.1 Å². The van der Waals surface area contributed by atoms with E-state index in [1.165, 1.54) is 18.2 Å². The zero-order valence-corrected chi connectivity index (χ0v) is 17.7. The van der Waals surface area contributed by atoms with Crippen LogP contribution in [0.5, 0.6) is 17.2 Å². The number of non-ortho nitro benzene ring substituents is 1. The van der Waals surface area contributed by atoms with E-state index in [2.05, 4.69) is 10.3 Å². The lowest BCUT2D eigenvalue weighted by Crippen LogP contribution is -2.14. The second kappa shape index (κ2) is 9.65. The van der Waals surface area contributed by atoms with Gasteiger partial charge in [0.1, 0.15) is 17.2 Å². The van der Waals surface area contributed by atoms with E-state index in [9.17, 15) is 14.9 Å². The number of ether oxygens (including phenoxy) is 2. The van der Waals surface area contributed by atoms with Gasteiger partial charge in [-0.2, -0.15) is 0 Å². The Hall–Kier alpha value is -4.66. The van der Waals surface area contributed by atoms with Gasteiger partial charge in [0.05, 0.1) is 23.9 Å². The minimum absolute atomic E-state index is 0.0417. The van der Waals surface area contributed by atoms with Gasteiger partial charge in [-0.3, -0.25) is 14.9 Å². The molecule has 0 spiro atoms. The predicted molar refractivity (Wildman–Crippen MR) is 122 cm³/mol. The molecule has 0 aliphatic carbocycles. The van der Waals surface area contributed by atoms with Crippen LogP contribution in [0.15, 0.2) is 85.5 Å². The number of nitrogens with one attached hydrogen (secondary N) is 1. The monoisotopic (exact) mass is 444 g/mol. The van der Waals surface area contributed by atoms with Crippen LogP contribution >= 0.6 is 0 Å². The first-order chi connectivity index (χ1) is 16.0. The number of nitro benzene ring substituents is 1. The summed E-state index contributed by atoms with van der Waals surface area (Å²) in [7, 11) is 1.55. The third-order valence-corrected chi connectivity index (χ3v) is 4.82. The van der Waals surface area contributed by atoms with Crippen molar-refractivity contribution in [1.82, 2.24) is 9.55 Å². The fraction of sp³-hybridized carbons (Fsp3) is 0.0833. The standard InChI is InChI=1S/C24H20N4O5/c1-32-20-6-8-21(9-7-20)33-23-10-5-19(28(30)31)14-22(23)24(29)26-18-4-2-3-17(13-18)15-27-12-11-25-16-27/h2-14,16H,15H2,1H3,(H,26,29). The average Bonchev–Trinajstić information content (AvgIpc) is 3.33. The topological polar surface area (TPSA) is 109 Å². The average molecular weight is 444 g/mol. The lowest BCUT2D eigenvalue weighted by atomic mass is 10.1. The molecule has 4 aromatic rings. The Morgan fingerprint density at radius 1 is 1.09 bits per heavy atom. The number of benzene rings is 3. The van der Waals surface area contributed by atoms with Crippen molar-refractivity contribution in [3.8, 4) is 17.2 Å². The summed E-state index contributed by atoms with van der Waals surface area (Å²) < 4.78 is 12.9. The summed E-state index contributed by atoms with van der Waals surface area (Å²) in [5.74, 6) is 0.778. The maximum atomic E-state index is 13.1. The first-order valence-corrected chi connectivity index (χ1v) is 9.98. The van der Waals surface area contributed by atoms with Crippen LogP contribution in [-0.4, -0.2) is 27.5 Å². The van der Waals surface area contributed by atoms with Crippen molar-refractivity contribution in [2.45, 2.75) is 6.54 Å². The number of hydrogen-bond donors (Lipinski definition) is 1. The molecule has 9 nitrogen and oxygen atoms in total. The Kier molecular flexibility index (Phi) is 6.31. The van der Waals surface area contributed by atoms with Crippen LogP contribution in [0.3, 0.4) is 0 Å². The molecule has 3 aromatic carbocycles. The highest BCUT2D eigenvalue weighted by molar-refractivity contribution is 6.06. The molecular formula is C24H20N4O5. The number of methoxy groups -OCH3 is 1. The molecule has 0 unspecified atom stereocenters. The van der Waals surface area contributed by atoms with Gasteiger partial charge in [0.2, 0.25) is 0 Å². The molecule has 1 heterocycles. The Morgan fingerprint density at radius 2 is 1.88 bits per heavy atom. The number of imidazole rings is 1. The molecule has 4 rings (SSSR count). The quantitative estimate of drug-likeness (QED) is 0.306. The molecule has 166 valence electrons. The van der Waals surface area contributed by atoms with E-state index < -0.39 is 10.8 Å². The zero-order valence-electron chi connectivity index (χ0n) is 17.7. The molecule has 0 saturated heterocycles. The van der Waals surface area contributed by atoms with Gasteiger partial charge in [-0.1, -0.05) is 12.1 Å². The summed E-state index contributed by atoms with van der Waals surface area (Å²) in [6.07, 6.45) is 5.24. The van der Waals surface area contributed by atoms with Gasteiger partial charge in [-0.05, 0) is 48.0 Å². The van der Waals surface area contributed by atoms with Crippen LogP contribution < -0.4 is 14.8 Å². The number of nitrogens with zero attached hydrogens (tertiary/aromatic N) is 3. The predicted octanol–water partition coefficient (Wildman–Crippen LogP) is 4.89. The summed E-state index contributed by atoms with van der Waals surface area (Å²) in [5, 5.41) is 14.1. The molecule has 0 fully saturated rings. The number of rotatable bonds is 8. The minimum atomic E-state index is -0.556. The molecule has 0 atom stereocenters. The molecule has 1 aromatic heterocycles. The largest absolute Gasteiger partial charge is 0.497 e. The lowest BCUT2D eigenvalue weighted by Gasteiger charge is -2.13. The van der Waals surface area contributed by atoms with Crippen molar-refractivity contribution < 1.29 is 19.2 Å². The molecular weight excluding hydrogens is 424 g/mol. The summed E-state index contributed by atoms with van der Waals surface area (Å²) in [5.41, 5.74) is 1.34. The molecule has 33 heavy (non-hydrogen) atoms. The summed E-state index contributed by atoms with van der Waals surface area (Å²) in [4.78, 5) is 27.8. The number of carbonyl (C=O) groups excluding carboxylic acids is 1. The number of carbonyl (C=O) groups is 1. The molecule has 0 saturated carbocycles. The van der Waals surface area contributed by atoms with Crippen LogP contribution in [0.4, 0.5) is 11.4 Å². The van der Waals surface area contributed by atoms with E-state index >= 15 is 0 Å². The summed E-state index contributed by atoms with van der Waals surface area (Å²) >= 11 is 0. The number of amides is 1. The Labute approximate surface area is 189 Å². The van der Waals surface area contributed by atoms with Crippen LogP contribution in [-0.2, 0) is 6.54 Å². The fourth-order valence-corrected chi connectivity index (χ4v) is 3.21. The van der Waals surface area contributed by atoms with Gasteiger partial charge in [-0.15, -0.1) is 0 Å². The first-order valence-electron chi connectivity index (χ1n) is 9.98. The third kappa shape index (κ3) is 5.34. The van der Waals surface area contributed by atoms with E-state index in [0.717, 1.165) is 5.56 Å². The van der Waals surface area contributed by atoms with Crippen LogP contribution in [0.1, 0.15) is 15.9 Å². The van der Waals surface area contributed by atoms with Gasteiger partial charge >= 0.3 is 0 Å². The summed E-state index contributed by atoms with van der Waals surface area (Å²) in [6, 6.07) is 18.0. The van der Waals surface area contributed by atoms with Crippen molar-refractivity contribution in [2.75, 3.05) is 12.4 Å². The second-order valence-electron chi connectivity index (χ2n) is 7.10. The van der Waals surface area contributed by atoms with Gasteiger partial charge < -0.3 is 19.4 Å². The van der Waals surface area contributed by atoms with E-state index in [-0.39, 0.29) is 17.0 Å². The van der Waals surface area contributed by atoms with Crippen molar-refractivity contribution in [3.05, 3.63) is 107 Å². The molecule has 0 aliphatic rings. The van der Waals surface area contributed by atoms with Crippen molar-refractivity contribution in [2.24, 2.45) is 0 Å². The number of aromatic nitrogens is 2. The minimum Gasteiger partial charge on any atom is -0.497 e. The van der Waals surface area contributed by atoms with E-state index in [1.807, 2.05) is 29.0 Å². The number of anilines is 1. The molecule has 9 heteroatoms. The van der Waals surface area contributed by atoms with Gasteiger partial charge in [0, 0.05) is 36.8 Å². The lowest BCUT2D eigenvalue weighted by molar-refractivity contribution is -0.384. The SMILES string of the molecule is COc1ccc(Oc2ccc([N+](=O)[O-])cc2C(=O)Nc2cccc(Cn3ccnc3)c2)cc1. The molecule has 0 radical (unpaired) electrons. The Bertz CT molecular complexity index is 1270. The van der Waals surface area contributed by atoms with E-state index in [1.54, 1.807) is 50.0 Å². The number of hydrogen-bond acceptors (Lipinski definition) is 6. The third-order valence-electron chi connectivity index (χ3n) is 4.82. The Balaban J connectivity index is 1.58. The van der Waals surface area contributed by atoms with Crippen molar-refractivity contribution in [1.29, 1.82) is 0 Å². The van der Waals surface area contributed by atoms with Gasteiger partial charge in [0.15, 0.2) is 0 Å². The van der Waals surface area contributed by atoms with Gasteiger partial charge in [-0.25, -0.2) is 4.98 Å². The zero-order chi connectivity index (χ0) is 23.2. The molecule has 1 N–H and O–H groups in total. The number of nitro groups is 1. The van der Waals surface area contributed by atoms with Crippen LogP contribution in [0.25, 0.3) is 0 Å². The maximum absolute atomic E-state index is 13.1. The van der Waals surface area contributed by atoms with Crippen LogP contribution in [0.2, 0.25) is 0 Å². The van der Waals surface area contributed by atoms with E-state index in [4.69, 9.17) is 9.47 Å². The van der Waals surface area contributed by atoms with Gasteiger partial charge in [0.25, 0.3) is 11.6 Å². The van der Waals surface area contributed by atoms with Crippen molar-refractivity contribution >= 4 is 17.3 Å². The highest BCUT2D eigenvalue weighted by Crippen LogP contribution is 2.30. The fourth-order valence-electron chi connectivity index (χ4n) is 3.21. The highest BCUT2D eigenvalue weighted by Gasteiger charge is 2.19. The normalized spacial score (nSPS) is 10.5. The highest BCUT2D eigenvalue weighted by atomic mass is 16.6. The smallest absolute Gasteiger partial charge is 0.270 e. The van der Waals surface area contributed by atoms with E-state index in [0.29, 0.717) is 23.7 Å². The Morgan fingerprint density at radius 3 is 2.58 bits per heavy atom. The first kappa shape index (κ1) is 21.6. The molecule has 0 bridgehead atoms.